The first kappa shape index (κ1) is 14.2. The Kier molecular flexibility index (Phi) is 4.01. The number of fused-ring (bicyclic) bond motifs is 1. The molecule has 0 spiro atoms. The van der Waals surface area contributed by atoms with Crippen molar-refractivity contribution in [1.82, 2.24) is 19.9 Å². The Balaban J connectivity index is 1.79. The van der Waals surface area contributed by atoms with Crippen molar-refractivity contribution in [3.8, 4) is 0 Å². The van der Waals surface area contributed by atoms with Crippen LogP contribution in [0.15, 0.2) is 17.2 Å². The lowest BCUT2D eigenvalue weighted by atomic mass is 10.1. The molecule has 0 amide bonds. The molecule has 2 aromatic heterocycles. The zero-order valence-corrected chi connectivity index (χ0v) is 12.7. The SMILES string of the molecule is Cc1cc(C)c2ncn(CCC[C@@H]3CCCN3)c(=O)c2n1. The standard InChI is InChI=1S/C16H22N4O/c1-11-9-12(2)19-15-14(11)18-10-20(16(15)21)8-4-6-13-5-3-7-17-13/h9-10,13,17H,3-8H2,1-2H3/t13-/m0/s1. The van der Waals surface area contributed by atoms with Crippen LogP contribution in [-0.2, 0) is 6.54 Å². The molecule has 21 heavy (non-hydrogen) atoms. The summed E-state index contributed by atoms with van der Waals surface area (Å²) in [6, 6.07) is 2.59. The Bertz CT molecular complexity index is 701. The molecule has 0 bridgehead atoms. The van der Waals surface area contributed by atoms with E-state index in [1.165, 1.54) is 12.8 Å². The van der Waals surface area contributed by atoms with E-state index in [0.717, 1.165) is 36.2 Å². The van der Waals surface area contributed by atoms with Crippen molar-refractivity contribution in [3.05, 3.63) is 34.0 Å². The average molecular weight is 286 g/mol. The lowest BCUT2D eigenvalue weighted by Gasteiger charge is -2.11. The third-order valence-electron chi connectivity index (χ3n) is 4.22. The van der Waals surface area contributed by atoms with E-state index in [1.54, 1.807) is 10.9 Å². The lowest BCUT2D eigenvalue weighted by molar-refractivity contribution is 0.496. The summed E-state index contributed by atoms with van der Waals surface area (Å²) < 4.78 is 1.70. The molecule has 0 radical (unpaired) electrons. The van der Waals surface area contributed by atoms with E-state index in [-0.39, 0.29) is 5.56 Å². The summed E-state index contributed by atoms with van der Waals surface area (Å²) in [5, 5.41) is 3.49. The van der Waals surface area contributed by atoms with Crippen LogP contribution < -0.4 is 10.9 Å². The number of rotatable bonds is 4. The number of nitrogens with one attached hydrogen (secondary N) is 1. The zero-order valence-electron chi connectivity index (χ0n) is 12.7. The van der Waals surface area contributed by atoms with Crippen LogP contribution in [0.4, 0.5) is 0 Å². The van der Waals surface area contributed by atoms with E-state index in [4.69, 9.17) is 0 Å². The number of aryl methyl sites for hydroxylation is 3. The van der Waals surface area contributed by atoms with Crippen molar-refractivity contribution >= 4 is 11.0 Å². The van der Waals surface area contributed by atoms with Gasteiger partial charge in [-0.15, -0.1) is 0 Å². The van der Waals surface area contributed by atoms with Crippen molar-refractivity contribution in [2.24, 2.45) is 0 Å². The van der Waals surface area contributed by atoms with E-state index < -0.39 is 0 Å². The predicted octanol–water partition coefficient (Wildman–Crippen LogP) is 1.94. The molecular weight excluding hydrogens is 264 g/mol. The Morgan fingerprint density at radius 3 is 3.00 bits per heavy atom. The minimum atomic E-state index is -0.0221. The number of hydrogen-bond donors (Lipinski definition) is 1. The third kappa shape index (κ3) is 2.97. The molecule has 1 saturated heterocycles. The summed E-state index contributed by atoms with van der Waals surface area (Å²) in [6.45, 7) is 5.73. The Labute approximate surface area is 124 Å². The molecule has 0 aromatic carbocycles. The summed E-state index contributed by atoms with van der Waals surface area (Å²) >= 11 is 0. The first-order valence-electron chi connectivity index (χ1n) is 7.72. The molecule has 0 saturated carbocycles. The maximum atomic E-state index is 12.5. The number of aromatic nitrogens is 3. The lowest BCUT2D eigenvalue weighted by Crippen LogP contribution is -2.25. The van der Waals surface area contributed by atoms with Crippen LogP contribution >= 0.6 is 0 Å². The van der Waals surface area contributed by atoms with Crippen LogP contribution in [0.3, 0.4) is 0 Å². The quantitative estimate of drug-likeness (QED) is 0.933. The number of pyridine rings is 1. The molecule has 0 unspecified atom stereocenters. The first-order chi connectivity index (χ1) is 10.1. The normalized spacial score (nSPS) is 18.5. The topological polar surface area (TPSA) is 59.8 Å². The number of nitrogens with zero attached hydrogens (tertiary/aromatic N) is 3. The smallest absolute Gasteiger partial charge is 0.279 e. The minimum absolute atomic E-state index is 0.0221. The predicted molar refractivity (Wildman–Crippen MR) is 83.5 cm³/mol. The Hall–Kier alpha value is -1.75. The van der Waals surface area contributed by atoms with Crippen LogP contribution in [0.25, 0.3) is 11.0 Å². The van der Waals surface area contributed by atoms with E-state index in [9.17, 15) is 4.79 Å². The molecule has 5 heteroatoms. The molecule has 1 N–H and O–H groups in total. The summed E-state index contributed by atoms with van der Waals surface area (Å²) in [4.78, 5) is 21.3. The fourth-order valence-corrected chi connectivity index (χ4v) is 3.13. The molecular formula is C16H22N4O. The molecule has 3 heterocycles. The summed E-state index contributed by atoms with van der Waals surface area (Å²) in [5.74, 6) is 0. The highest BCUT2D eigenvalue weighted by Gasteiger charge is 2.14. The largest absolute Gasteiger partial charge is 0.314 e. The maximum absolute atomic E-state index is 12.5. The molecule has 112 valence electrons. The van der Waals surface area contributed by atoms with Gasteiger partial charge in [-0.1, -0.05) is 0 Å². The molecule has 1 fully saturated rings. The van der Waals surface area contributed by atoms with Gasteiger partial charge >= 0.3 is 0 Å². The van der Waals surface area contributed by atoms with Crippen molar-refractivity contribution in [2.75, 3.05) is 6.54 Å². The summed E-state index contributed by atoms with van der Waals surface area (Å²) in [7, 11) is 0. The van der Waals surface area contributed by atoms with Gasteiger partial charge in [-0.05, 0) is 57.7 Å². The second-order valence-corrected chi connectivity index (χ2v) is 5.96. The highest BCUT2D eigenvalue weighted by Crippen LogP contribution is 2.13. The second kappa shape index (κ2) is 5.93. The van der Waals surface area contributed by atoms with Crippen LogP contribution in [-0.4, -0.2) is 27.1 Å². The van der Waals surface area contributed by atoms with Gasteiger partial charge in [-0.3, -0.25) is 9.36 Å². The van der Waals surface area contributed by atoms with Crippen LogP contribution in [0.2, 0.25) is 0 Å². The van der Waals surface area contributed by atoms with E-state index in [2.05, 4.69) is 15.3 Å². The number of hydrogen-bond acceptors (Lipinski definition) is 4. The molecule has 1 aliphatic heterocycles. The fourth-order valence-electron chi connectivity index (χ4n) is 3.13. The van der Waals surface area contributed by atoms with Crippen molar-refractivity contribution < 1.29 is 0 Å². The van der Waals surface area contributed by atoms with Gasteiger partial charge in [0.2, 0.25) is 0 Å². The highest BCUT2D eigenvalue weighted by atomic mass is 16.1. The monoisotopic (exact) mass is 286 g/mol. The third-order valence-corrected chi connectivity index (χ3v) is 4.22. The Morgan fingerprint density at radius 2 is 2.24 bits per heavy atom. The van der Waals surface area contributed by atoms with E-state index >= 15 is 0 Å². The van der Waals surface area contributed by atoms with Crippen molar-refractivity contribution in [2.45, 2.75) is 52.1 Å². The zero-order chi connectivity index (χ0) is 14.8. The van der Waals surface area contributed by atoms with Gasteiger partial charge < -0.3 is 5.32 Å². The van der Waals surface area contributed by atoms with Gasteiger partial charge in [0.05, 0.1) is 11.8 Å². The molecule has 3 rings (SSSR count). The Morgan fingerprint density at radius 1 is 1.38 bits per heavy atom. The first-order valence-corrected chi connectivity index (χ1v) is 7.72. The van der Waals surface area contributed by atoms with Gasteiger partial charge in [-0.2, -0.15) is 0 Å². The average Bonchev–Trinajstić information content (AvgIpc) is 2.95. The highest BCUT2D eigenvalue weighted by molar-refractivity contribution is 5.76. The summed E-state index contributed by atoms with van der Waals surface area (Å²) in [5.41, 5.74) is 3.07. The van der Waals surface area contributed by atoms with Crippen molar-refractivity contribution in [3.63, 3.8) is 0 Å². The minimum Gasteiger partial charge on any atom is -0.314 e. The van der Waals surface area contributed by atoms with Crippen molar-refractivity contribution in [1.29, 1.82) is 0 Å². The molecule has 1 aliphatic rings. The fraction of sp³-hybridized carbons (Fsp3) is 0.562. The van der Waals surface area contributed by atoms with Crippen LogP contribution in [0.1, 0.15) is 36.9 Å². The van der Waals surface area contributed by atoms with Gasteiger partial charge in [0.1, 0.15) is 0 Å². The van der Waals surface area contributed by atoms with Gasteiger partial charge in [-0.25, -0.2) is 9.97 Å². The molecule has 0 aliphatic carbocycles. The van der Waals surface area contributed by atoms with E-state index in [0.29, 0.717) is 18.1 Å². The van der Waals surface area contributed by atoms with Gasteiger partial charge in [0.15, 0.2) is 5.52 Å². The molecule has 1 atom stereocenters. The molecule has 2 aromatic rings. The van der Waals surface area contributed by atoms with E-state index in [1.807, 2.05) is 19.9 Å². The maximum Gasteiger partial charge on any atom is 0.279 e. The van der Waals surface area contributed by atoms with Crippen LogP contribution in [0.5, 0.6) is 0 Å². The molecule has 5 nitrogen and oxygen atoms in total. The van der Waals surface area contributed by atoms with Crippen LogP contribution in [0, 0.1) is 13.8 Å². The van der Waals surface area contributed by atoms with Gasteiger partial charge in [0.25, 0.3) is 5.56 Å². The summed E-state index contributed by atoms with van der Waals surface area (Å²) in [6.07, 6.45) is 6.30. The second-order valence-electron chi connectivity index (χ2n) is 5.96. The van der Waals surface area contributed by atoms with Gasteiger partial charge in [0, 0.05) is 18.3 Å².